The van der Waals surface area contributed by atoms with E-state index < -0.39 is 16.1 Å². The fourth-order valence-corrected chi connectivity index (χ4v) is 3.87. The van der Waals surface area contributed by atoms with Crippen molar-refractivity contribution >= 4 is 15.9 Å². The Morgan fingerprint density at radius 2 is 2.20 bits per heavy atom. The molecule has 7 nitrogen and oxygen atoms in total. The van der Waals surface area contributed by atoms with E-state index in [0.29, 0.717) is 12.4 Å². The van der Waals surface area contributed by atoms with Crippen molar-refractivity contribution in [2.75, 3.05) is 13.1 Å². The molecule has 1 aromatic heterocycles. The van der Waals surface area contributed by atoms with E-state index in [9.17, 15) is 13.2 Å². The van der Waals surface area contributed by atoms with Crippen LogP contribution < -0.4 is 5.32 Å². The number of imidazole rings is 1. The molecule has 1 saturated heterocycles. The SMILES string of the molecule is CCCn1cc(S(=O)(=O)N2CCNC(=O)C2C)nc1C. The molecule has 1 unspecified atom stereocenters. The van der Waals surface area contributed by atoms with E-state index in [2.05, 4.69) is 10.3 Å². The minimum Gasteiger partial charge on any atom is -0.353 e. The second kappa shape index (κ2) is 5.53. The third-order valence-electron chi connectivity index (χ3n) is 3.43. The Hall–Kier alpha value is -1.41. The summed E-state index contributed by atoms with van der Waals surface area (Å²) in [5.74, 6) is 0.393. The van der Waals surface area contributed by atoms with Gasteiger partial charge >= 0.3 is 0 Å². The minimum absolute atomic E-state index is 0.0185. The van der Waals surface area contributed by atoms with Gasteiger partial charge in [-0.15, -0.1) is 0 Å². The zero-order valence-corrected chi connectivity index (χ0v) is 12.8. The molecule has 1 N–H and O–H groups in total. The Balaban J connectivity index is 2.34. The maximum Gasteiger partial charge on any atom is 0.262 e. The molecular formula is C12H20N4O3S. The Morgan fingerprint density at radius 3 is 2.85 bits per heavy atom. The van der Waals surface area contributed by atoms with Crippen LogP contribution in [0.5, 0.6) is 0 Å². The standard InChI is InChI=1S/C12H20N4O3S/c1-4-6-15-8-11(14-10(15)3)20(18,19)16-7-5-13-12(17)9(16)2/h8-9H,4-7H2,1-3H3,(H,13,17). The van der Waals surface area contributed by atoms with Crippen molar-refractivity contribution in [3.05, 3.63) is 12.0 Å². The molecule has 0 bridgehead atoms. The molecule has 2 rings (SSSR count). The van der Waals surface area contributed by atoms with E-state index in [-0.39, 0.29) is 17.5 Å². The van der Waals surface area contributed by atoms with E-state index in [0.717, 1.165) is 13.0 Å². The Bertz CT molecular complexity index is 608. The van der Waals surface area contributed by atoms with Gasteiger partial charge in [0.05, 0.1) is 0 Å². The van der Waals surface area contributed by atoms with Gasteiger partial charge in [-0.25, -0.2) is 13.4 Å². The Kier molecular flexibility index (Phi) is 4.14. The average molecular weight is 300 g/mol. The number of nitrogens with zero attached hydrogens (tertiary/aromatic N) is 3. The normalized spacial score (nSPS) is 20.9. The van der Waals surface area contributed by atoms with Crippen LogP contribution in [0, 0.1) is 6.92 Å². The number of rotatable bonds is 4. The van der Waals surface area contributed by atoms with Crippen LogP contribution in [0.2, 0.25) is 0 Å². The maximum atomic E-state index is 12.6. The third-order valence-corrected chi connectivity index (χ3v) is 5.28. The predicted molar refractivity (Wildman–Crippen MR) is 73.6 cm³/mol. The van der Waals surface area contributed by atoms with Crippen LogP contribution in [0.3, 0.4) is 0 Å². The largest absolute Gasteiger partial charge is 0.353 e. The van der Waals surface area contributed by atoms with Crippen LogP contribution >= 0.6 is 0 Å². The summed E-state index contributed by atoms with van der Waals surface area (Å²) in [6.07, 6.45) is 2.45. The molecular weight excluding hydrogens is 280 g/mol. The van der Waals surface area contributed by atoms with E-state index in [1.807, 2.05) is 11.5 Å². The summed E-state index contributed by atoms with van der Waals surface area (Å²) in [7, 11) is -3.72. The van der Waals surface area contributed by atoms with Crippen LogP contribution in [0.25, 0.3) is 0 Å². The van der Waals surface area contributed by atoms with Gasteiger partial charge in [0.15, 0.2) is 5.03 Å². The van der Waals surface area contributed by atoms with Crippen molar-refractivity contribution in [3.63, 3.8) is 0 Å². The summed E-state index contributed by atoms with van der Waals surface area (Å²) >= 11 is 0. The summed E-state index contributed by atoms with van der Waals surface area (Å²) in [6.45, 7) is 6.71. The first-order chi connectivity index (χ1) is 9.37. The van der Waals surface area contributed by atoms with Crippen molar-refractivity contribution in [1.29, 1.82) is 0 Å². The maximum absolute atomic E-state index is 12.6. The lowest BCUT2D eigenvalue weighted by Crippen LogP contribution is -2.55. The van der Waals surface area contributed by atoms with E-state index in [4.69, 9.17) is 0 Å². The van der Waals surface area contributed by atoms with Crippen LogP contribution in [0.4, 0.5) is 0 Å². The van der Waals surface area contributed by atoms with Gasteiger partial charge in [-0.05, 0) is 20.3 Å². The van der Waals surface area contributed by atoms with E-state index in [1.54, 1.807) is 20.0 Å². The second-order valence-corrected chi connectivity index (χ2v) is 6.74. The lowest BCUT2D eigenvalue weighted by atomic mass is 10.2. The molecule has 2 heterocycles. The molecule has 0 aromatic carbocycles. The molecule has 0 saturated carbocycles. The monoisotopic (exact) mass is 300 g/mol. The van der Waals surface area contributed by atoms with Gasteiger partial charge in [-0.3, -0.25) is 4.79 Å². The number of hydrogen-bond acceptors (Lipinski definition) is 4. The van der Waals surface area contributed by atoms with Crippen LogP contribution in [0.1, 0.15) is 26.1 Å². The highest BCUT2D eigenvalue weighted by atomic mass is 32.2. The van der Waals surface area contributed by atoms with E-state index in [1.165, 1.54) is 4.31 Å². The zero-order valence-electron chi connectivity index (χ0n) is 12.0. The van der Waals surface area contributed by atoms with Crippen molar-refractivity contribution in [2.45, 2.75) is 44.8 Å². The first kappa shape index (κ1) is 15.0. The molecule has 1 fully saturated rings. The molecule has 1 aliphatic rings. The number of aryl methyl sites for hydroxylation is 2. The molecule has 8 heteroatoms. The summed E-state index contributed by atoms with van der Waals surface area (Å²) in [4.78, 5) is 15.8. The number of hydrogen-bond donors (Lipinski definition) is 1. The predicted octanol–water partition coefficient (Wildman–Crippen LogP) is 0.111. The molecule has 112 valence electrons. The lowest BCUT2D eigenvalue weighted by Gasteiger charge is -2.30. The zero-order chi connectivity index (χ0) is 14.9. The summed E-state index contributed by atoms with van der Waals surface area (Å²) in [5.41, 5.74) is 0. The van der Waals surface area contributed by atoms with Crippen LogP contribution in [-0.2, 0) is 21.4 Å². The highest BCUT2D eigenvalue weighted by Crippen LogP contribution is 2.19. The molecule has 1 atom stereocenters. The van der Waals surface area contributed by atoms with Gasteiger partial charge in [0, 0.05) is 25.8 Å². The van der Waals surface area contributed by atoms with Crippen LogP contribution in [-0.4, -0.2) is 47.3 Å². The van der Waals surface area contributed by atoms with Crippen LogP contribution in [0.15, 0.2) is 11.2 Å². The highest BCUT2D eigenvalue weighted by molar-refractivity contribution is 7.89. The lowest BCUT2D eigenvalue weighted by molar-refractivity contribution is -0.126. The van der Waals surface area contributed by atoms with Gasteiger partial charge in [0.25, 0.3) is 10.0 Å². The molecule has 1 amide bonds. The highest BCUT2D eigenvalue weighted by Gasteiger charge is 2.37. The quantitative estimate of drug-likeness (QED) is 0.855. The number of nitrogens with one attached hydrogen (secondary N) is 1. The third kappa shape index (κ3) is 2.57. The summed E-state index contributed by atoms with van der Waals surface area (Å²) < 4.78 is 28.2. The topological polar surface area (TPSA) is 84.3 Å². The summed E-state index contributed by atoms with van der Waals surface area (Å²) in [6, 6.07) is -0.703. The Morgan fingerprint density at radius 1 is 1.50 bits per heavy atom. The van der Waals surface area contributed by atoms with Crippen molar-refractivity contribution < 1.29 is 13.2 Å². The fraction of sp³-hybridized carbons (Fsp3) is 0.667. The van der Waals surface area contributed by atoms with Gasteiger partial charge in [0.2, 0.25) is 5.91 Å². The van der Waals surface area contributed by atoms with Gasteiger partial charge in [-0.1, -0.05) is 6.92 Å². The number of carbonyl (C=O) groups excluding carboxylic acids is 1. The van der Waals surface area contributed by atoms with E-state index >= 15 is 0 Å². The molecule has 0 spiro atoms. The molecule has 1 aromatic rings. The number of piperazine rings is 1. The fourth-order valence-electron chi connectivity index (χ4n) is 2.28. The molecule has 1 aliphatic heterocycles. The molecule has 0 aliphatic carbocycles. The second-order valence-electron chi connectivity index (χ2n) is 4.90. The smallest absolute Gasteiger partial charge is 0.262 e. The minimum atomic E-state index is -3.72. The van der Waals surface area contributed by atoms with Gasteiger partial charge in [-0.2, -0.15) is 4.31 Å². The molecule has 20 heavy (non-hydrogen) atoms. The van der Waals surface area contributed by atoms with Crippen molar-refractivity contribution in [2.24, 2.45) is 0 Å². The van der Waals surface area contributed by atoms with Gasteiger partial charge in [0.1, 0.15) is 11.9 Å². The van der Waals surface area contributed by atoms with Crippen molar-refractivity contribution in [1.82, 2.24) is 19.2 Å². The number of carbonyl (C=O) groups is 1. The number of sulfonamides is 1. The number of aromatic nitrogens is 2. The van der Waals surface area contributed by atoms with Crippen molar-refractivity contribution in [3.8, 4) is 0 Å². The Labute approximate surface area is 119 Å². The first-order valence-electron chi connectivity index (χ1n) is 6.71. The number of amides is 1. The van der Waals surface area contributed by atoms with Gasteiger partial charge < -0.3 is 9.88 Å². The first-order valence-corrected chi connectivity index (χ1v) is 8.15. The average Bonchev–Trinajstić information content (AvgIpc) is 2.75. The molecule has 0 radical (unpaired) electrons. The summed E-state index contributed by atoms with van der Waals surface area (Å²) in [5, 5.41) is 2.67.